The first kappa shape index (κ1) is 11.9. The van der Waals surface area contributed by atoms with Crippen LogP contribution >= 0.6 is 0 Å². The Hall–Kier alpha value is -0.120. The summed E-state index contributed by atoms with van der Waals surface area (Å²) in [7, 11) is 0. The van der Waals surface area contributed by atoms with Crippen LogP contribution in [0.2, 0.25) is 0 Å². The van der Waals surface area contributed by atoms with Gasteiger partial charge in [0.1, 0.15) is 0 Å². The maximum Gasteiger partial charge on any atom is 0.0699 e. The molecule has 3 heteroatoms. The molecule has 3 rings (SSSR count). The summed E-state index contributed by atoms with van der Waals surface area (Å²) in [5, 5.41) is 3.71. The maximum atomic E-state index is 5.95. The number of nitrogens with one attached hydrogen (secondary N) is 1. The molecule has 3 aliphatic rings. The van der Waals surface area contributed by atoms with Crippen molar-refractivity contribution in [2.75, 3.05) is 19.8 Å². The summed E-state index contributed by atoms with van der Waals surface area (Å²) in [5.41, 5.74) is 0.267. The summed E-state index contributed by atoms with van der Waals surface area (Å²) in [6, 6.07) is 0.662. The van der Waals surface area contributed by atoms with E-state index in [1.165, 1.54) is 51.4 Å². The quantitative estimate of drug-likeness (QED) is 0.819. The Bertz CT molecular complexity index is 247. The van der Waals surface area contributed by atoms with Gasteiger partial charge in [0.05, 0.1) is 11.7 Å². The van der Waals surface area contributed by atoms with Gasteiger partial charge < -0.3 is 14.8 Å². The topological polar surface area (TPSA) is 30.5 Å². The summed E-state index contributed by atoms with van der Waals surface area (Å²) >= 11 is 0. The molecule has 17 heavy (non-hydrogen) atoms. The fraction of sp³-hybridized carbons (Fsp3) is 1.00. The maximum absolute atomic E-state index is 5.95. The molecular formula is C14H25NO2. The second-order valence-corrected chi connectivity index (χ2v) is 5.97. The lowest BCUT2D eigenvalue weighted by Gasteiger charge is -2.47. The van der Waals surface area contributed by atoms with Crippen LogP contribution in [0.1, 0.15) is 51.4 Å². The molecule has 3 fully saturated rings. The van der Waals surface area contributed by atoms with Gasteiger partial charge in [-0.1, -0.05) is 0 Å². The van der Waals surface area contributed by atoms with Gasteiger partial charge in [-0.25, -0.2) is 0 Å². The average molecular weight is 239 g/mol. The molecule has 0 radical (unpaired) electrons. The molecule has 2 aliphatic heterocycles. The largest absolute Gasteiger partial charge is 0.377 e. The Morgan fingerprint density at radius 3 is 2.71 bits per heavy atom. The van der Waals surface area contributed by atoms with Gasteiger partial charge in [0.15, 0.2) is 0 Å². The Balaban J connectivity index is 1.41. The smallest absolute Gasteiger partial charge is 0.0699 e. The van der Waals surface area contributed by atoms with Crippen molar-refractivity contribution in [3.63, 3.8) is 0 Å². The molecule has 0 aromatic heterocycles. The second kappa shape index (κ2) is 5.25. The zero-order valence-electron chi connectivity index (χ0n) is 10.7. The van der Waals surface area contributed by atoms with E-state index in [1.807, 2.05) is 0 Å². The molecule has 1 N–H and O–H groups in total. The Kier molecular flexibility index (Phi) is 3.69. The minimum Gasteiger partial charge on any atom is -0.377 e. The third-order valence-corrected chi connectivity index (χ3v) is 4.67. The van der Waals surface area contributed by atoms with Crippen LogP contribution in [0.15, 0.2) is 0 Å². The van der Waals surface area contributed by atoms with Gasteiger partial charge in [-0.2, -0.15) is 0 Å². The lowest BCUT2D eigenvalue weighted by Crippen LogP contribution is -2.52. The van der Waals surface area contributed by atoms with Crippen LogP contribution < -0.4 is 5.32 Å². The Morgan fingerprint density at radius 2 is 2.00 bits per heavy atom. The lowest BCUT2D eigenvalue weighted by molar-refractivity contribution is -0.136. The van der Waals surface area contributed by atoms with Crippen LogP contribution in [0.25, 0.3) is 0 Å². The Morgan fingerprint density at radius 1 is 1.06 bits per heavy atom. The van der Waals surface area contributed by atoms with Gasteiger partial charge >= 0.3 is 0 Å². The molecule has 0 amide bonds. The zero-order valence-corrected chi connectivity index (χ0v) is 10.7. The van der Waals surface area contributed by atoms with Crippen molar-refractivity contribution in [2.45, 2.75) is 69.1 Å². The first-order chi connectivity index (χ1) is 8.36. The van der Waals surface area contributed by atoms with E-state index in [4.69, 9.17) is 9.47 Å². The molecule has 1 spiro atoms. The fourth-order valence-corrected chi connectivity index (χ4v) is 3.39. The highest BCUT2D eigenvalue weighted by atomic mass is 16.5. The summed E-state index contributed by atoms with van der Waals surface area (Å²) in [4.78, 5) is 0. The number of hydrogen-bond acceptors (Lipinski definition) is 3. The molecule has 1 saturated carbocycles. The lowest BCUT2D eigenvalue weighted by atomic mass is 9.74. The summed E-state index contributed by atoms with van der Waals surface area (Å²) in [5.74, 6) is 0. The molecule has 0 bridgehead atoms. The average Bonchev–Trinajstić information content (AvgIpc) is 2.36. The van der Waals surface area contributed by atoms with Crippen molar-refractivity contribution in [1.29, 1.82) is 0 Å². The fourth-order valence-electron chi connectivity index (χ4n) is 3.39. The van der Waals surface area contributed by atoms with Crippen LogP contribution in [-0.4, -0.2) is 37.5 Å². The van der Waals surface area contributed by atoms with E-state index in [0.717, 1.165) is 19.8 Å². The third kappa shape index (κ3) is 2.83. The van der Waals surface area contributed by atoms with Gasteiger partial charge in [-0.15, -0.1) is 0 Å². The van der Waals surface area contributed by atoms with E-state index >= 15 is 0 Å². The molecule has 98 valence electrons. The third-order valence-electron chi connectivity index (χ3n) is 4.67. The minimum absolute atomic E-state index is 0.267. The SMILES string of the molecule is C1CCC(CNC2CCOC3(CCC3)C2)OC1. The Labute approximate surface area is 104 Å². The second-order valence-electron chi connectivity index (χ2n) is 5.97. The summed E-state index contributed by atoms with van der Waals surface area (Å²) < 4.78 is 11.7. The molecule has 0 aromatic carbocycles. The molecule has 2 saturated heterocycles. The molecule has 0 aromatic rings. The summed E-state index contributed by atoms with van der Waals surface area (Å²) in [6.45, 7) is 2.95. The molecule has 1 aliphatic carbocycles. The summed E-state index contributed by atoms with van der Waals surface area (Å²) in [6.07, 6.45) is 10.6. The van der Waals surface area contributed by atoms with Gasteiger partial charge in [-0.3, -0.25) is 0 Å². The van der Waals surface area contributed by atoms with E-state index in [-0.39, 0.29) is 5.60 Å². The van der Waals surface area contributed by atoms with Crippen LogP contribution in [0.3, 0.4) is 0 Å². The van der Waals surface area contributed by atoms with Crippen molar-refractivity contribution in [1.82, 2.24) is 5.32 Å². The van der Waals surface area contributed by atoms with Gasteiger partial charge in [0.2, 0.25) is 0 Å². The van der Waals surface area contributed by atoms with Crippen LogP contribution in [0, 0.1) is 0 Å². The first-order valence-electron chi connectivity index (χ1n) is 7.35. The first-order valence-corrected chi connectivity index (χ1v) is 7.35. The number of rotatable bonds is 3. The monoisotopic (exact) mass is 239 g/mol. The predicted molar refractivity (Wildman–Crippen MR) is 67.1 cm³/mol. The highest BCUT2D eigenvalue weighted by Gasteiger charge is 2.42. The van der Waals surface area contributed by atoms with Gasteiger partial charge in [0, 0.05) is 25.8 Å². The molecule has 2 unspecified atom stereocenters. The highest BCUT2D eigenvalue weighted by molar-refractivity contribution is 4.96. The van der Waals surface area contributed by atoms with Gasteiger partial charge in [0.25, 0.3) is 0 Å². The minimum atomic E-state index is 0.267. The standard InChI is InChI=1S/C14H25NO2/c1-2-8-16-13(4-1)11-15-12-5-9-17-14(10-12)6-3-7-14/h12-13,15H,1-11H2. The normalized spacial score (nSPS) is 36.7. The van der Waals surface area contributed by atoms with Crippen LogP contribution in [0.5, 0.6) is 0 Å². The van der Waals surface area contributed by atoms with Crippen molar-refractivity contribution in [2.24, 2.45) is 0 Å². The molecule has 2 atom stereocenters. The van der Waals surface area contributed by atoms with E-state index in [9.17, 15) is 0 Å². The van der Waals surface area contributed by atoms with Crippen molar-refractivity contribution >= 4 is 0 Å². The van der Waals surface area contributed by atoms with Gasteiger partial charge in [-0.05, 0) is 51.4 Å². The highest BCUT2D eigenvalue weighted by Crippen LogP contribution is 2.42. The molecule has 2 heterocycles. The van der Waals surface area contributed by atoms with Crippen LogP contribution in [0.4, 0.5) is 0 Å². The van der Waals surface area contributed by atoms with Crippen LogP contribution in [-0.2, 0) is 9.47 Å². The number of ether oxygens (including phenoxy) is 2. The van der Waals surface area contributed by atoms with E-state index in [0.29, 0.717) is 12.1 Å². The van der Waals surface area contributed by atoms with E-state index in [2.05, 4.69) is 5.32 Å². The van der Waals surface area contributed by atoms with Crippen molar-refractivity contribution in [3.8, 4) is 0 Å². The number of hydrogen-bond donors (Lipinski definition) is 1. The van der Waals surface area contributed by atoms with Crippen molar-refractivity contribution in [3.05, 3.63) is 0 Å². The molecule has 3 nitrogen and oxygen atoms in total. The van der Waals surface area contributed by atoms with Crippen molar-refractivity contribution < 1.29 is 9.47 Å². The van der Waals surface area contributed by atoms with E-state index < -0.39 is 0 Å². The molecular weight excluding hydrogens is 214 g/mol. The predicted octanol–water partition coefficient (Wildman–Crippen LogP) is 2.25. The van der Waals surface area contributed by atoms with E-state index in [1.54, 1.807) is 0 Å². The zero-order chi connectivity index (χ0) is 11.6.